The van der Waals surface area contributed by atoms with E-state index in [1.54, 1.807) is 0 Å². The summed E-state index contributed by atoms with van der Waals surface area (Å²) in [4.78, 5) is 0. The van der Waals surface area contributed by atoms with Crippen molar-refractivity contribution in [3.8, 4) is 0 Å². The molecule has 5 nitrogen and oxygen atoms in total. The Kier molecular flexibility index (Phi) is 4.12. The van der Waals surface area contributed by atoms with Crippen molar-refractivity contribution in [2.45, 2.75) is 30.7 Å². The van der Waals surface area contributed by atoms with Crippen LogP contribution in [0.3, 0.4) is 0 Å². The minimum absolute atomic E-state index is 0.0318. The van der Waals surface area contributed by atoms with Crippen molar-refractivity contribution in [3.05, 3.63) is 17.9 Å². The number of hydrogen-bond acceptors (Lipinski definition) is 4. The largest absolute Gasteiger partial charge is 0.446 e. The van der Waals surface area contributed by atoms with Gasteiger partial charge in [0.2, 0.25) is 5.09 Å². The number of piperidine rings is 1. The van der Waals surface area contributed by atoms with Crippen LogP contribution in [0.4, 0.5) is 13.2 Å². The molecule has 0 radical (unpaired) electrons. The Morgan fingerprint density at radius 1 is 1.40 bits per heavy atom. The van der Waals surface area contributed by atoms with E-state index < -0.39 is 40.4 Å². The lowest BCUT2D eigenvalue weighted by molar-refractivity contribution is -0.182. The van der Waals surface area contributed by atoms with Gasteiger partial charge in [-0.3, -0.25) is 0 Å². The Labute approximate surface area is 114 Å². The number of alkyl halides is 3. The van der Waals surface area contributed by atoms with Crippen molar-refractivity contribution < 1.29 is 31.1 Å². The maximum absolute atomic E-state index is 12.7. The summed E-state index contributed by atoms with van der Waals surface area (Å²) < 4.78 is 68.1. The lowest BCUT2D eigenvalue weighted by atomic mass is 9.99. The fraction of sp³-hybridized carbons (Fsp3) is 0.636. The second-order valence-electron chi connectivity index (χ2n) is 4.62. The standard InChI is InChI=1S/C11H14F3NO4S/c12-11(13,14)8-2-1-5-15(6-8)20(17,18)10-4-3-9(7-16)19-10/h3-4,8,16H,1-2,5-7H2. The summed E-state index contributed by atoms with van der Waals surface area (Å²) >= 11 is 0. The lowest BCUT2D eigenvalue weighted by Crippen LogP contribution is -2.44. The van der Waals surface area contributed by atoms with Crippen molar-refractivity contribution in [2.75, 3.05) is 13.1 Å². The average molecular weight is 313 g/mol. The third kappa shape index (κ3) is 2.99. The molecule has 1 aliphatic heterocycles. The number of halogens is 3. The molecule has 0 saturated carbocycles. The molecule has 2 rings (SSSR count). The van der Waals surface area contributed by atoms with Crippen LogP contribution in [0.2, 0.25) is 0 Å². The molecule has 0 amide bonds. The third-order valence-electron chi connectivity index (χ3n) is 3.23. The highest BCUT2D eigenvalue weighted by molar-refractivity contribution is 7.89. The monoisotopic (exact) mass is 313 g/mol. The Hall–Kier alpha value is -1.06. The second-order valence-corrected chi connectivity index (χ2v) is 6.49. The quantitative estimate of drug-likeness (QED) is 0.922. The van der Waals surface area contributed by atoms with Crippen molar-refractivity contribution in [1.29, 1.82) is 0 Å². The Balaban J connectivity index is 2.21. The van der Waals surface area contributed by atoms with E-state index in [0.29, 0.717) is 0 Å². The predicted molar refractivity (Wildman–Crippen MR) is 62.2 cm³/mol. The summed E-state index contributed by atoms with van der Waals surface area (Å²) in [6.07, 6.45) is -4.33. The Morgan fingerprint density at radius 2 is 2.10 bits per heavy atom. The number of rotatable bonds is 3. The van der Waals surface area contributed by atoms with Gasteiger partial charge < -0.3 is 9.52 Å². The molecule has 1 fully saturated rings. The van der Waals surface area contributed by atoms with Gasteiger partial charge in [0.15, 0.2) is 0 Å². The fourth-order valence-electron chi connectivity index (χ4n) is 2.14. The Bertz CT molecular complexity index is 566. The third-order valence-corrected chi connectivity index (χ3v) is 4.97. The van der Waals surface area contributed by atoms with E-state index in [4.69, 9.17) is 9.52 Å². The topological polar surface area (TPSA) is 70.8 Å². The molecule has 0 aromatic carbocycles. The van der Waals surface area contributed by atoms with Gasteiger partial charge in [0.25, 0.3) is 10.0 Å². The van der Waals surface area contributed by atoms with Gasteiger partial charge >= 0.3 is 6.18 Å². The average Bonchev–Trinajstić information content (AvgIpc) is 2.87. The molecule has 20 heavy (non-hydrogen) atoms. The molecule has 114 valence electrons. The molecule has 9 heteroatoms. The van der Waals surface area contributed by atoms with Crippen LogP contribution in [-0.4, -0.2) is 37.1 Å². The summed E-state index contributed by atoms with van der Waals surface area (Å²) in [6, 6.07) is 2.41. The first kappa shape index (κ1) is 15.3. The van der Waals surface area contributed by atoms with Crippen LogP contribution < -0.4 is 0 Å². The van der Waals surface area contributed by atoms with Crippen LogP contribution in [0, 0.1) is 5.92 Å². The molecule has 1 N–H and O–H groups in total. The van der Waals surface area contributed by atoms with Crippen LogP contribution >= 0.6 is 0 Å². The van der Waals surface area contributed by atoms with Crippen LogP contribution in [0.15, 0.2) is 21.6 Å². The minimum Gasteiger partial charge on any atom is -0.446 e. The van der Waals surface area contributed by atoms with Crippen LogP contribution in [-0.2, 0) is 16.6 Å². The van der Waals surface area contributed by atoms with Gasteiger partial charge in [-0.1, -0.05) is 0 Å². The molecule has 1 aromatic heterocycles. The number of nitrogens with zero attached hydrogens (tertiary/aromatic N) is 1. The van der Waals surface area contributed by atoms with E-state index in [-0.39, 0.29) is 25.1 Å². The molecule has 1 saturated heterocycles. The molecular weight excluding hydrogens is 299 g/mol. The van der Waals surface area contributed by atoms with Crippen LogP contribution in [0.25, 0.3) is 0 Å². The van der Waals surface area contributed by atoms with E-state index >= 15 is 0 Å². The summed E-state index contributed by atoms with van der Waals surface area (Å²) in [7, 11) is -4.09. The summed E-state index contributed by atoms with van der Waals surface area (Å²) in [5.74, 6) is -1.61. The zero-order valence-electron chi connectivity index (χ0n) is 10.4. The molecule has 1 aromatic rings. The van der Waals surface area contributed by atoms with Crippen LogP contribution in [0.5, 0.6) is 0 Å². The maximum Gasteiger partial charge on any atom is 0.393 e. The highest BCUT2D eigenvalue weighted by atomic mass is 32.2. The highest BCUT2D eigenvalue weighted by Crippen LogP contribution is 2.35. The molecule has 0 aliphatic carbocycles. The summed E-state index contributed by atoms with van der Waals surface area (Å²) in [6.45, 7) is -1.04. The van der Waals surface area contributed by atoms with E-state index in [2.05, 4.69) is 0 Å². The fourth-order valence-corrected chi connectivity index (χ4v) is 3.59. The van der Waals surface area contributed by atoms with E-state index in [9.17, 15) is 21.6 Å². The molecule has 0 bridgehead atoms. The number of aliphatic hydroxyl groups is 1. The zero-order chi connectivity index (χ0) is 15.0. The molecule has 0 spiro atoms. The van der Waals surface area contributed by atoms with Gasteiger partial charge in [-0.25, -0.2) is 8.42 Å². The second kappa shape index (κ2) is 5.38. The predicted octanol–water partition coefficient (Wildman–Crippen LogP) is 1.73. The van der Waals surface area contributed by atoms with E-state index in [1.807, 2.05) is 0 Å². The number of sulfonamides is 1. The van der Waals surface area contributed by atoms with Gasteiger partial charge in [-0.15, -0.1) is 0 Å². The van der Waals surface area contributed by atoms with Gasteiger partial charge in [0, 0.05) is 13.1 Å². The van der Waals surface area contributed by atoms with Crippen molar-refractivity contribution in [3.63, 3.8) is 0 Å². The molecule has 1 aliphatic rings. The lowest BCUT2D eigenvalue weighted by Gasteiger charge is -2.32. The number of aliphatic hydroxyl groups excluding tert-OH is 1. The van der Waals surface area contributed by atoms with Gasteiger partial charge in [-0.2, -0.15) is 17.5 Å². The first-order valence-electron chi connectivity index (χ1n) is 6.01. The molecule has 1 unspecified atom stereocenters. The summed E-state index contributed by atoms with van der Waals surface area (Å²) in [5, 5.41) is 8.38. The Morgan fingerprint density at radius 3 is 2.65 bits per heavy atom. The van der Waals surface area contributed by atoms with Crippen molar-refractivity contribution >= 4 is 10.0 Å². The number of hydrogen-bond donors (Lipinski definition) is 1. The van der Waals surface area contributed by atoms with Gasteiger partial charge in [-0.05, 0) is 25.0 Å². The van der Waals surface area contributed by atoms with Crippen molar-refractivity contribution in [1.82, 2.24) is 4.31 Å². The maximum atomic E-state index is 12.7. The van der Waals surface area contributed by atoms with E-state index in [1.165, 1.54) is 6.07 Å². The van der Waals surface area contributed by atoms with Gasteiger partial charge in [0.05, 0.1) is 5.92 Å². The zero-order valence-corrected chi connectivity index (χ0v) is 11.2. The minimum atomic E-state index is -4.41. The van der Waals surface area contributed by atoms with Crippen LogP contribution in [0.1, 0.15) is 18.6 Å². The molecular formula is C11H14F3NO4S. The van der Waals surface area contributed by atoms with Crippen molar-refractivity contribution in [2.24, 2.45) is 5.92 Å². The molecule has 2 heterocycles. The SMILES string of the molecule is O=S(=O)(c1ccc(CO)o1)N1CCCC(C(F)(F)F)C1. The first-order chi connectivity index (χ1) is 9.25. The molecule has 1 atom stereocenters. The van der Waals surface area contributed by atoms with Gasteiger partial charge in [0.1, 0.15) is 12.4 Å². The number of furan rings is 1. The highest BCUT2D eigenvalue weighted by Gasteiger charge is 2.44. The van der Waals surface area contributed by atoms with E-state index in [0.717, 1.165) is 10.4 Å². The summed E-state index contributed by atoms with van der Waals surface area (Å²) in [5.41, 5.74) is 0. The smallest absolute Gasteiger partial charge is 0.393 e. The first-order valence-corrected chi connectivity index (χ1v) is 7.45. The normalized spacial score (nSPS) is 22.1.